The summed E-state index contributed by atoms with van der Waals surface area (Å²) in [5, 5.41) is 24.1. The van der Waals surface area contributed by atoms with E-state index in [9.17, 15) is 43.1 Å². The molecule has 1 aliphatic rings. The fourth-order valence-electron chi connectivity index (χ4n) is 7.50. The number of carboxylic acid groups (broad SMARTS) is 1. The van der Waals surface area contributed by atoms with Gasteiger partial charge in [0.05, 0.1) is 77.9 Å². The number of imide groups is 1. The number of benzene rings is 2. The molecule has 70 heavy (non-hydrogen) atoms. The minimum atomic E-state index is -1.33. The van der Waals surface area contributed by atoms with E-state index in [0.717, 1.165) is 40.8 Å². The summed E-state index contributed by atoms with van der Waals surface area (Å²) in [6.45, 7) is 5.91. The molecule has 6 N–H and O–H groups in total. The second-order valence-electron chi connectivity index (χ2n) is 17.4. The topological polar surface area (TPSA) is 258 Å². The van der Waals surface area contributed by atoms with Gasteiger partial charge in [-0.15, -0.1) is 0 Å². The number of aliphatic hydroxyl groups is 1. The Morgan fingerprint density at radius 2 is 1.41 bits per heavy atom. The van der Waals surface area contributed by atoms with E-state index >= 15 is 4.39 Å². The van der Waals surface area contributed by atoms with E-state index in [0.29, 0.717) is 11.3 Å². The maximum absolute atomic E-state index is 15.2. The van der Waals surface area contributed by atoms with Crippen LogP contribution in [0.1, 0.15) is 63.8 Å². The summed E-state index contributed by atoms with van der Waals surface area (Å²) >= 11 is 0. The van der Waals surface area contributed by atoms with Crippen molar-refractivity contribution in [2.45, 2.75) is 71.1 Å². The number of ketones is 1. The number of carbonyl (C=O) groups excluding carboxylic acids is 6. The van der Waals surface area contributed by atoms with Crippen LogP contribution in [0.3, 0.4) is 0 Å². The van der Waals surface area contributed by atoms with Gasteiger partial charge in [0.1, 0.15) is 24.3 Å². The first kappa shape index (κ1) is 56.4. The summed E-state index contributed by atoms with van der Waals surface area (Å²) in [6.07, 6.45) is 2.95. The van der Waals surface area contributed by atoms with E-state index < -0.39 is 89.6 Å². The number of carbonyl (C=O) groups is 7. The number of nitrogens with one attached hydrogen (secondary N) is 2. The molecule has 2 aromatic carbocycles. The van der Waals surface area contributed by atoms with Crippen molar-refractivity contribution < 1.29 is 71.5 Å². The Kier molecular flexibility index (Phi) is 22.9. The Balaban J connectivity index is 1.42. The molecule has 382 valence electrons. The first-order chi connectivity index (χ1) is 33.4. The zero-order valence-corrected chi connectivity index (χ0v) is 39.7. The number of nitrogens with zero attached hydrogens (tertiary/aromatic N) is 3. The number of halogens is 2. The van der Waals surface area contributed by atoms with Gasteiger partial charge in [-0.3, -0.25) is 38.5 Å². The van der Waals surface area contributed by atoms with Gasteiger partial charge in [0, 0.05) is 61.2 Å². The fraction of sp³-hybridized carbons (Fsp3) is 0.490. The van der Waals surface area contributed by atoms with Gasteiger partial charge in [-0.2, -0.15) is 0 Å². The van der Waals surface area contributed by atoms with Crippen molar-refractivity contribution in [3.63, 3.8) is 0 Å². The van der Waals surface area contributed by atoms with Gasteiger partial charge < -0.3 is 55.0 Å². The molecule has 3 atom stereocenters. The second-order valence-corrected chi connectivity index (χ2v) is 17.4. The molecule has 0 unspecified atom stereocenters. The molecule has 1 aliphatic heterocycles. The average molecular weight is 983 g/mol. The lowest BCUT2D eigenvalue weighted by atomic mass is 9.82. The van der Waals surface area contributed by atoms with Crippen LogP contribution in [0.4, 0.5) is 8.78 Å². The molecule has 0 radical (unpaired) electrons. The molecule has 3 aromatic rings. The molecule has 0 saturated carbocycles. The number of hydrogen-bond donors (Lipinski definition) is 5. The Morgan fingerprint density at radius 1 is 0.800 bits per heavy atom. The fourth-order valence-corrected chi connectivity index (χ4v) is 7.50. The van der Waals surface area contributed by atoms with Crippen LogP contribution in [0.15, 0.2) is 72.9 Å². The van der Waals surface area contributed by atoms with Crippen LogP contribution in [-0.2, 0) is 59.1 Å². The highest BCUT2D eigenvalue weighted by Crippen LogP contribution is 2.41. The predicted octanol–water partition coefficient (Wildman–Crippen LogP) is 2.52. The number of aliphatic hydroxyl groups excluding tert-OH is 1. The van der Waals surface area contributed by atoms with Gasteiger partial charge in [0.25, 0.3) is 11.8 Å². The smallest absolute Gasteiger partial charge is 0.305 e. The van der Waals surface area contributed by atoms with Gasteiger partial charge >= 0.3 is 5.97 Å². The van der Waals surface area contributed by atoms with E-state index in [1.165, 1.54) is 4.90 Å². The van der Waals surface area contributed by atoms with E-state index in [-0.39, 0.29) is 104 Å². The normalized spacial score (nSPS) is 13.8. The summed E-state index contributed by atoms with van der Waals surface area (Å²) in [6, 6.07) is 10.7. The number of rotatable bonds is 32. The highest BCUT2D eigenvalue weighted by atomic mass is 19.1. The van der Waals surface area contributed by atoms with Crippen molar-refractivity contribution in [2.75, 3.05) is 79.1 Å². The summed E-state index contributed by atoms with van der Waals surface area (Å²) < 4.78 is 52.9. The van der Waals surface area contributed by atoms with Crippen molar-refractivity contribution >= 4 is 41.3 Å². The number of ether oxygens (including phenoxy) is 4. The zero-order valence-electron chi connectivity index (χ0n) is 39.7. The van der Waals surface area contributed by atoms with Crippen molar-refractivity contribution in [1.82, 2.24) is 25.0 Å². The summed E-state index contributed by atoms with van der Waals surface area (Å²) in [4.78, 5) is 90.7. The van der Waals surface area contributed by atoms with Crippen LogP contribution >= 0.6 is 0 Å². The maximum Gasteiger partial charge on any atom is 0.305 e. The van der Waals surface area contributed by atoms with E-state index in [1.807, 2.05) is 55.7 Å². The molecule has 1 aromatic heterocycles. The lowest BCUT2D eigenvalue weighted by Gasteiger charge is -2.41. The van der Waals surface area contributed by atoms with Gasteiger partial charge in [-0.25, -0.2) is 8.78 Å². The molecule has 19 nitrogen and oxygen atoms in total. The highest BCUT2D eigenvalue weighted by molar-refractivity contribution is 6.14. The van der Waals surface area contributed by atoms with Crippen molar-refractivity contribution in [1.29, 1.82) is 0 Å². The lowest BCUT2D eigenvalue weighted by Crippen LogP contribution is -2.53. The van der Waals surface area contributed by atoms with Crippen LogP contribution < -0.4 is 16.4 Å². The molecule has 21 heteroatoms. The van der Waals surface area contributed by atoms with Crippen LogP contribution in [-0.4, -0.2) is 157 Å². The third kappa shape index (κ3) is 18.3. The van der Waals surface area contributed by atoms with Crippen LogP contribution in [0.5, 0.6) is 0 Å². The quantitative estimate of drug-likeness (QED) is 0.0445. The van der Waals surface area contributed by atoms with E-state index in [4.69, 9.17) is 29.8 Å². The Bertz CT molecular complexity index is 2250. The van der Waals surface area contributed by atoms with Crippen molar-refractivity contribution in [3.05, 3.63) is 95.8 Å². The van der Waals surface area contributed by atoms with Gasteiger partial charge in [0.2, 0.25) is 17.7 Å². The van der Waals surface area contributed by atoms with Crippen LogP contribution in [0.2, 0.25) is 0 Å². The number of amides is 5. The number of aromatic nitrogens is 1. The summed E-state index contributed by atoms with van der Waals surface area (Å²) in [5.41, 5.74) is 7.43. The minimum Gasteiger partial charge on any atom is -0.481 e. The molecule has 4 rings (SSSR count). The summed E-state index contributed by atoms with van der Waals surface area (Å²) in [7, 11) is 0. The zero-order chi connectivity index (χ0) is 51.2. The molecule has 0 bridgehead atoms. The number of nitrogens with two attached hydrogens (primary N) is 1. The van der Waals surface area contributed by atoms with E-state index in [1.54, 1.807) is 12.3 Å². The van der Waals surface area contributed by atoms with Crippen molar-refractivity contribution in [2.24, 2.45) is 11.1 Å². The van der Waals surface area contributed by atoms with Crippen LogP contribution in [0.25, 0.3) is 11.1 Å². The molecule has 0 saturated heterocycles. The van der Waals surface area contributed by atoms with Gasteiger partial charge in [0.15, 0.2) is 5.78 Å². The molecule has 5 amide bonds. The van der Waals surface area contributed by atoms with E-state index in [2.05, 4.69) is 10.6 Å². The van der Waals surface area contributed by atoms with Gasteiger partial charge in [-0.1, -0.05) is 51.1 Å². The monoisotopic (exact) mass is 982 g/mol. The third-order valence-electron chi connectivity index (χ3n) is 11.0. The molecular weight excluding hydrogens is 919 g/mol. The molecule has 0 aliphatic carbocycles. The third-order valence-corrected chi connectivity index (χ3v) is 11.0. The second kappa shape index (κ2) is 28.4. The molecular formula is C49H64F2N6O13. The summed E-state index contributed by atoms with van der Waals surface area (Å²) in [5.74, 6) is -6.29. The molecule has 0 fully saturated rings. The SMILES string of the molecule is CC(C)(C)[C@H](c1cc(-c2cc(F)ccc2F)cn1Cc1ccccc1)N(CC[C@H](N)C(=O)N[C@H](CCC(=O)CN1C(=O)C=CC1=O)C(=O)NCCOCCOCCOCCOCCC(=O)O)C(=O)CO. The highest BCUT2D eigenvalue weighted by Gasteiger charge is 2.38. The number of hydrogen-bond acceptors (Lipinski definition) is 13. The standard InChI is InChI=1S/C49H64F2N6O13/c1-49(2,3)46(41-27-34(37-28-35(50)9-11-38(37)51)30-55(41)29-33-7-5-4-6-8-33)56(44(62)32-58)18-15-39(52)47(65)54-40(12-10-36(59)31-57-42(60)13-14-43(57)61)48(66)53-17-20-68-22-24-70-26-25-69-23-21-67-19-16-45(63)64/h4-9,11,13-14,27-28,30,39-40,46,58H,10,12,15-26,29,31-32,52H2,1-3H3,(H,53,66)(H,54,65)(H,63,64)/t39-,40+,46-/m0/s1. The number of aliphatic carboxylic acids is 1. The number of Topliss-reactive ketones (excluding diaryl/α,β-unsaturated/α-hetero) is 1. The van der Waals surface area contributed by atoms with Gasteiger partial charge in [-0.05, 0) is 48.1 Å². The Hall–Kier alpha value is -6.23. The minimum absolute atomic E-state index is 0.00258. The number of carboxylic acids is 1. The Morgan fingerprint density at radius 3 is 2.01 bits per heavy atom. The van der Waals surface area contributed by atoms with Crippen LogP contribution in [0, 0.1) is 17.0 Å². The largest absolute Gasteiger partial charge is 0.481 e. The lowest BCUT2D eigenvalue weighted by molar-refractivity contribution is -0.141. The predicted molar refractivity (Wildman–Crippen MR) is 249 cm³/mol. The first-order valence-corrected chi connectivity index (χ1v) is 22.9. The first-order valence-electron chi connectivity index (χ1n) is 22.9. The molecule has 2 heterocycles. The molecule has 0 spiro atoms. The average Bonchev–Trinajstić information content (AvgIpc) is 3.87. The maximum atomic E-state index is 15.2. The van der Waals surface area contributed by atoms with Crippen molar-refractivity contribution in [3.8, 4) is 11.1 Å². The Labute approximate surface area is 405 Å².